The number of benzene rings is 1. The van der Waals surface area contributed by atoms with E-state index in [-0.39, 0.29) is 0 Å². The molecule has 0 spiro atoms. The van der Waals surface area contributed by atoms with Gasteiger partial charge in [0.05, 0.1) is 6.61 Å². The van der Waals surface area contributed by atoms with Crippen LogP contribution in [0.25, 0.3) is 0 Å². The van der Waals surface area contributed by atoms with Crippen LogP contribution in [-0.2, 0) is 0 Å². The van der Waals surface area contributed by atoms with Crippen molar-refractivity contribution in [3.05, 3.63) is 29.8 Å². The molecule has 1 rings (SSSR count). The van der Waals surface area contributed by atoms with Crippen LogP contribution >= 0.6 is 11.8 Å². The average Bonchev–Trinajstić information content (AvgIpc) is 2.32. The molecule has 0 aliphatic heterocycles. The van der Waals surface area contributed by atoms with Gasteiger partial charge < -0.3 is 10.1 Å². The Kier molecular flexibility index (Phi) is 5.78. The van der Waals surface area contributed by atoms with E-state index < -0.39 is 0 Å². The fraction of sp³-hybridized carbons (Fsp3) is 0.417. The number of hydrogen-bond donors (Lipinski definition) is 1. The molecule has 0 unspecified atom stereocenters. The summed E-state index contributed by atoms with van der Waals surface area (Å²) in [5.74, 6) is 1.81. The third-order valence-electron chi connectivity index (χ3n) is 2.03. The lowest BCUT2D eigenvalue weighted by molar-refractivity contribution is 0.344. The Morgan fingerprint density at radius 2 is 2.06 bits per heavy atom. The Morgan fingerprint density at radius 1 is 1.38 bits per heavy atom. The monoisotopic (exact) mass is 238 g/mol. The standard InChI is InChI=1S/C12H18N2OS/c1-10-4-6-11(7-5-10)15-8-9-16-12(13-2)14-3/h4-7H,8-9H2,1-3H3,(H,13,14). The molecule has 88 valence electrons. The van der Waals surface area contributed by atoms with Gasteiger partial charge in [-0.25, -0.2) is 0 Å². The first-order valence-electron chi connectivity index (χ1n) is 5.23. The van der Waals surface area contributed by atoms with E-state index in [9.17, 15) is 0 Å². The summed E-state index contributed by atoms with van der Waals surface area (Å²) in [7, 11) is 3.65. The summed E-state index contributed by atoms with van der Waals surface area (Å²) >= 11 is 1.66. The topological polar surface area (TPSA) is 33.6 Å². The number of amidine groups is 1. The van der Waals surface area contributed by atoms with Crippen molar-refractivity contribution in [1.29, 1.82) is 0 Å². The first-order chi connectivity index (χ1) is 7.76. The maximum atomic E-state index is 5.60. The van der Waals surface area contributed by atoms with Gasteiger partial charge in [-0.3, -0.25) is 4.99 Å². The van der Waals surface area contributed by atoms with Crippen LogP contribution in [0.15, 0.2) is 29.3 Å². The van der Waals surface area contributed by atoms with Gasteiger partial charge in [0.1, 0.15) is 5.75 Å². The Bertz CT molecular complexity index is 335. The normalized spacial score (nSPS) is 11.3. The fourth-order valence-corrected chi connectivity index (χ4v) is 1.81. The molecule has 0 radical (unpaired) electrons. The van der Waals surface area contributed by atoms with Gasteiger partial charge in [0, 0.05) is 19.8 Å². The van der Waals surface area contributed by atoms with Crippen molar-refractivity contribution in [3.8, 4) is 5.75 Å². The van der Waals surface area contributed by atoms with Gasteiger partial charge in [-0.1, -0.05) is 29.5 Å². The number of aryl methyl sites for hydroxylation is 1. The van der Waals surface area contributed by atoms with E-state index in [1.165, 1.54) is 5.56 Å². The maximum absolute atomic E-state index is 5.60. The summed E-state index contributed by atoms with van der Waals surface area (Å²) in [6.07, 6.45) is 0. The highest BCUT2D eigenvalue weighted by molar-refractivity contribution is 8.13. The molecule has 0 atom stereocenters. The van der Waals surface area contributed by atoms with Crippen molar-refractivity contribution in [1.82, 2.24) is 5.32 Å². The molecule has 16 heavy (non-hydrogen) atoms. The second-order valence-electron chi connectivity index (χ2n) is 3.29. The molecular formula is C12H18N2OS. The van der Waals surface area contributed by atoms with Crippen molar-refractivity contribution in [2.45, 2.75) is 6.92 Å². The number of ether oxygens (including phenoxy) is 1. The highest BCUT2D eigenvalue weighted by Gasteiger charge is 1.97. The van der Waals surface area contributed by atoms with Gasteiger partial charge in [-0.05, 0) is 19.1 Å². The zero-order valence-corrected chi connectivity index (χ0v) is 10.8. The van der Waals surface area contributed by atoms with Gasteiger partial charge >= 0.3 is 0 Å². The molecule has 0 aliphatic rings. The fourth-order valence-electron chi connectivity index (χ4n) is 1.18. The number of aliphatic imine (C=N–C) groups is 1. The quantitative estimate of drug-likeness (QED) is 0.496. The smallest absolute Gasteiger partial charge is 0.156 e. The zero-order valence-electron chi connectivity index (χ0n) is 9.99. The second-order valence-corrected chi connectivity index (χ2v) is 4.37. The molecular weight excluding hydrogens is 220 g/mol. The summed E-state index contributed by atoms with van der Waals surface area (Å²) in [6.45, 7) is 2.75. The van der Waals surface area contributed by atoms with Crippen LogP contribution in [0.1, 0.15) is 5.56 Å². The lowest BCUT2D eigenvalue weighted by Gasteiger charge is -2.07. The van der Waals surface area contributed by atoms with Gasteiger partial charge in [0.15, 0.2) is 5.17 Å². The summed E-state index contributed by atoms with van der Waals surface area (Å²) < 4.78 is 5.60. The first kappa shape index (κ1) is 12.9. The molecule has 4 heteroatoms. The molecule has 0 heterocycles. The minimum Gasteiger partial charge on any atom is -0.493 e. The zero-order chi connectivity index (χ0) is 11.8. The molecule has 0 bridgehead atoms. The van der Waals surface area contributed by atoms with E-state index in [1.807, 2.05) is 19.2 Å². The van der Waals surface area contributed by atoms with Crippen molar-refractivity contribution in [2.75, 3.05) is 26.5 Å². The molecule has 0 saturated heterocycles. The van der Waals surface area contributed by atoms with E-state index >= 15 is 0 Å². The lowest BCUT2D eigenvalue weighted by atomic mass is 10.2. The molecule has 0 aromatic heterocycles. The van der Waals surface area contributed by atoms with E-state index in [0.717, 1.165) is 16.7 Å². The predicted molar refractivity (Wildman–Crippen MR) is 71.6 cm³/mol. The molecule has 1 aromatic carbocycles. The largest absolute Gasteiger partial charge is 0.493 e. The van der Waals surface area contributed by atoms with E-state index in [4.69, 9.17) is 4.74 Å². The van der Waals surface area contributed by atoms with Crippen molar-refractivity contribution in [2.24, 2.45) is 4.99 Å². The SMILES string of the molecule is CN=C(NC)SCCOc1ccc(C)cc1. The molecule has 0 aliphatic carbocycles. The Labute approximate surface area is 101 Å². The molecule has 0 amide bonds. The van der Waals surface area contributed by atoms with Crippen LogP contribution in [-0.4, -0.2) is 31.6 Å². The van der Waals surface area contributed by atoms with Gasteiger partial charge in [0.2, 0.25) is 0 Å². The van der Waals surface area contributed by atoms with Crippen LogP contribution < -0.4 is 10.1 Å². The molecule has 1 aromatic rings. The molecule has 0 saturated carbocycles. The maximum Gasteiger partial charge on any atom is 0.156 e. The first-order valence-corrected chi connectivity index (χ1v) is 6.21. The summed E-state index contributed by atoms with van der Waals surface area (Å²) in [4.78, 5) is 4.08. The number of thioether (sulfide) groups is 1. The van der Waals surface area contributed by atoms with E-state index in [2.05, 4.69) is 29.4 Å². The van der Waals surface area contributed by atoms with Crippen LogP contribution in [0.3, 0.4) is 0 Å². The van der Waals surface area contributed by atoms with Gasteiger partial charge in [-0.2, -0.15) is 0 Å². The van der Waals surface area contributed by atoms with Crippen LogP contribution in [0, 0.1) is 6.92 Å². The second kappa shape index (κ2) is 7.17. The lowest BCUT2D eigenvalue weighted by Crippen LogP contribution is -2.15. The van der Waals surface area contributed by atoms with Crippen molar-refractivity contribution < 1.29 is 4.74 Å². The number of nitrogens with zero attached hydrogens (tertiary/aromatic N) is 1. The van der Waals surface area contributed by atoms with Gasteiger partial charge in [-0.15, -0.1) is 0 Å². The van der Waals surface area contributed by atoms with E-state index in [0.29, 0.717) is 6.61 Å². The summed E-state index contributed by atoms with van der Waals surface area (Å²) in [5, 5.41) is 3.95. The minimum atomic E-state index is 0.689. The average molecular weight is 238 g/mol. The molecule has 0 fully saturated rings. The Morgan fingerprint density at radius 3 is 2.62 bits per heavy atom. The number of rotatable bonds is 4. The van der Waals surface area contributed by atoms with Crippen molar-refractivity contribution >= 4 is 16.9 Å². The highest BCUT2D eigenvalue weighted by atomic mass is 32.2. The third-order valence-corrected chi connectivity index (χ3v) is 3.06. The van der Waals surface area contributed by atoms with Crippen LogP contribution in [0.5, 0.6) is 5.75 Å². The summed E-state index contributed by atoms with van der Waals surface area (Å²) in [6, 6.07) is 8.09. The minimum absolute atomic E-state index is 0.689. The number of hydrogen-bond acceptors (Lipinski definition) is 3. The Balaban J connectivity index is 2.23. The third kappa shape index (κ3) is 4.57. The molecule has 1 N–H and O–H groups in total. The van der Waals surface area contributed by atoms with Gasteiger partial charge in [0.25, 0.3) is 0 Å². The highest BCUT2D eigenvalue weighted by Crippen LogP contribution is 2.12. The number of nitrogens with one attached hydrogen (secondary N) is 1. The van der Waals surface area contributed by atoms with Crippen LogP contribution in [0.4, 0.5) is 0 Å². The molecule has 3 nitrogen and oxygen atoms in total. The predicted octanol–water partition coefficient (Wildman–Crippen LogP) is 2.31. The van der Waals surface area contributed by atoms with Crippen molar-refractivity contribution in [3.63, 3.8) is 0 Å². The summed E-state index contributed by atoms with van der Waals surface area (Å²) in [5.41, 5.74) is 1.25. The van der Waals surface area contributed by atoms with E-state index in [1.54, 1.807) is 18.8 Å². The van der Waals surface area contributed by atoms with Crippen LogP contribution in [0.2, 0.25) is 0 Å². The Hall–Kier alpha value is -1.16.